The molecule has 0 aliphatic carbocycles. The number of ether oxygens (including phenoxy) is 1. The first kappa shape index (κ1) is 13.7. The van der Waals surface area contributed by atoms with E-state index in [-0.39, 0.29) is 23.3 Å². The summed E-state index contributed by atoms with van der Waals surface area (Å²) in [5.41, 5.74) is 0. The normalized spacial score (nSPS) is 10.1. The van der Waals surface area contributed by atoms with Crippen LogP contribution >= 0.6 is 11.6 Å². The molecule has 0 aliphatic heterocycles. The summed E-state index contributed by atoms with van der Waals surface area (Å²) in [5.74, 6) is -0.864. The molecule has 0 atom stereocenters. The number of amides is 1. The molecule has 1 heterocycles. The number of pyridine rings is 1. The van der Waals surface area contributed by atoms with Crippen molar-refractivity contribution in [2.24, 2.45) is 0 Å². The molecule has 0 unspecified atom stereocenters. The van der Waals surface area contributed by atoms with Crippen molar-refractivity contribution in [3.05, 3.63) is 23.1 Å². The van der Waals surface area contributed by atoms with Crippen LogP contribution in [0, 0.1) is 5.82 Å². The number of aromatic nitrogens is 1. The van der Waals surface area contributed by atoms with E-state index in [9.17, 15) is 9.18 Å². The molecule has 0 bridgehead atoms. The van der Waals surface area contributed by atoms with Crippen LogP contribution < -0.4 is 10.6 Å². The topological polar surface area (TPSA) is 63.2 Å². The Labute approximate surface area is 103 Å². The molecule has 0 saturated heterocycles. The standard InChI is InChI=1S/C10H13ClFN3O2/c1-17-3-2-13-9(16)6-15-10-8(12)4-7(11)5-14-10/h4-5H,2-3,6H2,1H3,(H,13,16)(H,14,15). The van der Waals surface area contributed by atoms with Crippen molar-refractivity contribution in [1.82, 2.24) is 10.3 Å². The molecule has 0 radical (unpaired) electrons. The van der Waals surface area contributed by atoms with Gasteiger partial charge in [-0.25, -0.2) is 9.37 Å². The van der Waals surface area contributed by atoms with Crippen LogP contribution in [0.15, 0.2) is 12.3 Å². The molecular weight excluding hydrogens is 249 g/mol. The zero-order valence-electron chi connectivity index (χ0n) is 9.30. The van der Waals surface area contributed by atoms with Gasteiger partial charge in [0.1, 0.15) is 0 Å². The second kappa shape index (κ2) is 7.03. The third-order valence-corrected chi connectivity index (χ3v) is 2.06. The minimum atomic E-state index is -0.595. The highest BCUT2D eigenvalue weighted by Crippen LogP contribution is 2.14. The van der Waals surface area contributed by atoms with Gasteiger partial charge in [0, 0.05) is 19.9 Å². The molecule has 94 valence electrons. The molecule has 0 fully saturated rings. The molecule has 0 spiro atoms. The van der Waals surface area contributed by atoms with Crippen LogP contribution in [-0.2, 0) is 9.53 Å². The third kappa shape index (κ3) is 4.97. The van der Waals surface area contributed by atoms with Crippen molar-refractivity contribution in [2.75, 3.05) is 32.1 Å². The van der Waals surface area contributed by atoms with Gasteiger partial charge in [-0.3, -0.25) is 4.79 Å². The lowest BCUT2D eigenvalue weighted by Gasteiger charge is -2.07. The molecule has 2 N–H and O–H groups in total. The highest BCUT2D eigenvalue weighted by molar-refractivity contribution is 6.30. The first-order valence-corrected chi connectivity index (χ1v) is 5.32. The molecule has 1 aromatic heterocycles. The number of hydrogen-bond donors (Lipinski definition) is 2. The van der Waals surface area contributed by atoms with Crippen molar-refractivity contribution >= 4 is 23.3 Å². The van der Waals surface area contributed by atoms with E-state index < -0.39 is 5.82 Å². The van der Waals surface area contributed by atoms with Crippen LogP contribution in [0.3, 0.4) is 0 Å². The Morgan fingerprint density at radius 2 is 2.41 bits per heavy atom. The van der Waals surface area contributed by atoms with Gasteiger partial charge in [0.2, 0.25) is 5.91 Å². The summed E-state index contributed by atoms with van der Waals surface area (Å²) in [6.07, 6.45) is 1.30. The average molecular weight is 262 g/mol. The van der Waals surface area contributed by atoms with E-state index in [1.165, 1.54) is 13.3 Å². The third-order valence-electron chi connectivity index (χ3n) is 1.85. The molecule has 1 amide bonds. The molecule has 1 rings (SSSR count). The van der Waals surface area contributed by atoms with E-state index in [0.29, 0.717) is 13.2 Å². The molecule has 5 nitrogen and oxygen atoms in total. The summed E-state index contributed by atoms with van der Waals surface area (Å²) in [6, 6.07) is 1.12. The van der Waals surface area contributed by atoms with Gasteiger partial charge in [-0.05, 0) is 6.07 Å². The van der Waals surface area contributed by atoms with Crippen molar-refractivity contribution < 1.29 is 13.9 Å². The predicted molar refractivity (Wildman–Crippen MR) is 62.6 cm³/mol. The quantitative estimate of drug-likeness (QED) is 0.752. The van der Waals surface area contributed by atoms with Crippen molar-refractivity contribution in [2.45, 2.75) is 0 Å². The van der Waals surface area contributed by atoms with E-state index in [1.54, 1.807) is 0 Å². The molecule has 7 heteroatoms. The van der Waals surface area contributed by atoms with Gasteiger partial charge in [0.25, 0.3) is 0 Å². The number of methoxy groups -OCH3 is 1. The summed E-state index contributed by atoms with van der Waals surface area (Å²) < 4.78 is 18.0. The number of anilines is 1. The van der Waals surface area contributed by atoms with Gasteiger partial charge in [-0.15, -0.1) is 0 Å². The maximum absolute atomic E-state index is 13.2. The minimum Gasteiger partial charge on any atom is -0.383 e. The van der Waals surface area contributed by atoms with Crippen molar-refractivity contribution in [3.63, 3.8) is 0 Å². The number of halogens is 2. The van der Waals surface area contributed by atoms with Crippen LogP contribution in [0.1, 0.15) is 0 Å². The van der Waals surface area contributed by atoms with Crippen LogP contribution in [0.5, 0.6) is 0 Å². The lowest BCUT2D eigenvalue weighted by molar-refractivity contribution is -0.119. The maximum Gasteiger partial charge on any atom is 0.239 e. The summed E-state index contributed by atoms with van der Waals surface area (Å²) >= 11 is 5.54. The Kier molecular flexibility index (Phi) is 5.65. The zero-order valence-corrected chi connectivity index (χ0v) is 10.1. The smallest absolute Gasteiger partial charge is 0.239 e. The lowest BCUT2D eigenvalue weighted by Crippen LogP contribution is -2.32. The molecule has 0 aliphatic rings. The second-order valence-electron chi connectivity index (χ2n) is 3.18. The Balaban J connectivity index is 2.37. The summed E-state index contributed by atoms with van der Waals surface area (Å²) in [4.78, 5) is 15.0. The van der Waals surface area contributed by atoms with Gasteiger partial charge in [-0.1, -0.05) is 11.6 Å². The number of carbonyl (C=O) groups excluding carboxylic acids is 1. The summed E-state index contributed by atoms with van der Waals surface area (Å²) in [5, 5.41) is 5.36. The highest BCUT2D eigenvalue weighted by Gasteiger charge is 2.06. The Hall–Kier alpha value is -1.40. The first-order chi connectivity index (χ1) is 8.13. The van der Waals surface area contributed by atoms with E-state index >= 15 is 0 Å². The SMILES string of the molecule is COCCNC(=O)CNc1ncc(Cl)cc1F. The van der Waals surface area contributed by atoms with E-state index in [1.807, 2.05) is 0 Å². The Bertz CT molecular complexity index is 390. The summed E-state index contributed by atoms with van der Waals surface area (Å²) in [7, 11) is 1.54. The van der Waals surface area contributed by atoms with Gasteiger partial charge in [0.05, 0.1) is 18.2 Å². The number of carbonyl (C=O) groups is 1. The van der Waals surface area contributed by atoms with E-state index in [4.69, 9.17) is 16.3 Å². The largest absolute Gasteiger partial charge is 0.383 e. The summed E-state index contributed by atoms with van der Waals surface area (Å²) in [6.45, 7) is 0.780. The predicted octanol–water partition coefficient (Wildman–Crippen LogP) is 1.05. The molecule has 0 saturated carbocycles. The molecule has 17 heavy (non-hydrogen) atoms. The van der Waals surface area contributed by atoms with E-state index in [2.05, 4.69) is 15.6 Å². The number of nitrogens with zero attached hydrogens (tertiary/aromatic N) is 1. The highest BCUT2D eigenvalue weighted by atomic mass is 35.5. The first-order valence-electron chi connectivity index (χ1n) is 4.94. The fourth-order valence-electron chi connectivity index (χ4n) is 1.06. The van der Waals surface area contributed by atoms with Crippen molar-refractivity contribution in [1.29, 1.82) is 0 Å². The van der Waals surface area contributed by atoms with E-state index in [0.717, 1.165) is 6.07 Å². The Morgan fingerprint density at radius 3 is 3.06 bits per heavy atom. The Morgan fingerprint density at radius 1 is 1.65 bits per heavy atom. The monoisotopic (exact) mass is 261 g/mol. The molecular formula is C10H13ClFN3O2. The van der Waals surface area contributed by atoms with Gasteiger partial charge >= 0.3 is 0 Å². The van der Waals surface area contributed by atoms with Crippen LogP contribution in [-0.4, -0.2) is 37.7 Å². The minimum absolute atomic E-state index is 0.00343. The zero-order chi connectivity index (χ0) is 12.7. The van der Waals surface area contributed by atoms with Crippen LogP contribution in [0.4, 0.5) is 10.2 Å². The average Bonchev–Trinajstić information content (AvgIpc) is 2.28. The number of rotatable bonds is 6. The number of nitrogens with one attached hydrogen (secondary N) is 2. The number of hydrogen-bond acceptors (Lipinski definition) is 4. The fraction of sp³-hybridized carbons (Fsp3) is 0.400. The lowest BCUT2D eigenvalue weighted by atomic mass is 10.4. The maximum atomic E-state index is 13.2. The fourth-order valence-corrected chi connectivity index (χ4v) is 1.21. The molecule has 1 aromatic rings. The molecule has 0 aromatic carbocycles. The van der Waals surface area contributed by atoms with Gasteiger partial charge in [0.15, 0.2) is 11.6 Å². The second-order valence-corrected chi connectivity index (χ2v) is 3.62. The van der Waals surface area contributed by atoms with Gasteiger partial charge in [-0.2, -0.15) is 0 Å². The van der Waals surface area contributed by atoms with Gasteiger partial charge < -0.3 is 15.4 Å². The van der Waals surface area contributed by atoms with Crippen LogP contribution in [0.2, 0.25) is 5.02 Å². The van der Waals surface area contributed by atoms with Crippen LogP contribution in [0.25, 0.3) is 0 Å². The van der Waals surface area contributed by atoms with Crippen molar-refractivity contribution in [3.8, 4) is 0 Å².